The maximum absolute atomic E-state index is 12.0. The zero-order valence-electron chi connectivity index (χ0n) is 12.0. The Morgan fingerprint density at radius 2 is 1.48 bits per heavy atom. The third-order valence-electron chi connectivity index (χ3n) is 4.17. The van der Waals surface area contributed by atoms with Crippen LogP contribution in [-0.2, 0) is 9.15 Å². The minimum atomic E-state index is -3.52. The maximum atomic E-state index is 12.0. The van der Waals surface area contributed by atoms with Gasteiger partial charge in [-0.2, -0.15) is 0 Å². The molecule has 0 fully saturated rings. The van der Waals surface area contributed by atoms with Gasteiger partial charge in [-0.3, -0.25) is 0 Å². The second-order valence-electron chi connectivity index (χ2n) is 5.13. The molecule has 0 spiro atoms. The van der Waals surface area contributed by atoms with E-state index in [0.717, 1.165) is 10.6 Å². The third kappa shape index (κ3) is 1.73. The molecule has 1 atom stereocenters. The van der Waals surface area contributed by atoms with Gasteiger partial charge in [-0.15, -0.1) is 0 Å². The average Bonchev–Trinajstić information content (AvgIpc) is 2.82. The first-order valence-corrected chi connectivity index (χ1v) is 8.98. The van der Waals surface area contributed by atoms with Crippen molar-refractivity contribution >= 4 is 23.9 Å². The molecule has 1 aliphatic rings. The molecule has 0 aliphatic carbocycles. The number of benzene rings is 2. The molecule has 4 nitrogen and oxygen atoms in total. The first-order chi connectivity index (χ1) is 10.1. The van der Waals surface area contributed by atoms with Gasteiger partial charge in [-0.25, -0.2) is 0 Å². The van der Waals surface area contributed by atoms with Crippen LogP contribution in [0.4, 0.5) is 0 Å². The van der Waals surface area contributed by atoms with Crippen LogP contribution < -0.4 is 10.6 Å². The van der Waals surface area contributed by atoms with Crippen molar-refractivity contribution in [2.45, 2.75) is 12.6 Å². The third-order valence-corrected chi connectivity index (χ3v) is 9.55. The summed E-state index contributed by atoms with van der Waals surface area (Å²) in [7, 11) is -1.89. The van der Waals surface area contributed by atoms with E-state index in [1.807, 2.05) is 67.6 Å². The summed E-state index contributed by atoms with van der Waals surface area (Å²) in [5, 5.41) is 13.8. The van der Waals surface area contributed by atoms with Crippen molar-refractivity contribution in [3.8, 4) is 0 Å². The number of hydrogen-bond donors (Lipinski definition) is 0. The molecular weight excluding hydrogens is 285 g/mol. The molecular formula is C16H18NO3P. The van der Waals surface area contributed by atoms with Gasteiger partial charge in [-0.1, -0.05) is 0 Å². The Morgan fingerprint density at radius 3 is 1.81 bits per heavy atom. The van der Waals surface area contributed by atoms with Crippen molar-refractivity contribution in [2.75, 3.05) is 7.11 Å². The molecule has 0 saturated carbocycles. The summed E-state index contributed by atoms with van der Waals surface area (Å²) in [6.45, 7) is 1.97. The molecule has 3 rings (SSSR count). The first-order valence-electron chi connectivity index (χ1n) is 6.83. The summed E-state index contributed by atoms with van der Waals surface area (Å²) in [6, 6.07) is 19.5. The van der Waals surface area contributed by atoms with Crippen molar-refractivity contribution in [3.63, 3.8) is 0 Å². The summed E-state index contributed by atoms with van der Waals surface area (Å²) in [4.78, 5) is 0.548. The summed E-state index contributed by atoms with van der Waals surface area (Å²) < 4.78 is 12.0. The molecule has 2 aromatic carbocycles. The fourth-order valence-corrected chi connectivity index (χ4v) is 7.70. The molecule has 5 heteroatoms. The van der Waals surface area contributed by atoms with Crippen LogP contribution in [0.15, 0.2) is 60.7 Å². The molecule has 0 N–H and O–H groups in total. The van der Waals surface area contributed by atoms with E-state index >= 15 is 0 Å². The second kappa shape index (κ2) is 4.83. The van der Waals surface area contributed by atoms with Crippen molar-refractivity contribution in [1.29, 1.82) is 0 Å². The van der Waals surface area contributed by atoms with E-state index in [1.54, 1.807) is 13.3 Å². The topological polar surface area (TPSA) is 44.5 Å². The average molecular weight is 303 g/mol. The number of rotatable bonds is 3. The molecule has 0 radical (unpaired) electrons. The van der Waals surface area contributed by atoms with Gasteiger partial charge in [0.25, 0.3) is 0 Å². The monoisotopic (exact) mass is 303 g/mol. The van der Waals surface area contributed by atoms with E-state index in [0.29, 0.717) is 4.90 Å². The minimum absolute atomic E-state index is 0.164. The van der Waals surface area contributed by atoms with Crippen LogP contribution in [0.1, 0.15) is 6.92 Å². The Morgan fingerprint density at radius 1 is 1.00 bits per heavy atom. The van der Waals surface area contributed by atoms with Gasteiger partial charge in [0, 0.05) is 0 Å². The molecule has 2 aromatic rings. The first kappa shape index (κ1) is 14.1. The van der Waals surface area contributed by atoms with Crippen molar-refractivity contribution in [1.82, 2.24) is 0 Å². The SMILES string of the molecule is COP1(c2ccccc2)(c2ccccc2)O[N+]([O-])=CC1C. The molecule has 0 bridgehead atoms. The molecule has 110 valence electrons. The number of hydrogen-bond acceptors (Lipinski definition) is 3. The van der Waals surface area contributed by atoms with Gasteiger partial charge < -0.3 is 0 Å². The van der Waals surface area contributed by atoms with Crippen LogP contribution in [0.5, 0.6) is 0 Å². The van der Waals surface area contributed by atoms with Crippen LogP contribution in [0, 0.1) is 5.21 Å². The quantitative estimate of drug-likeness (QED) is 0.646. The Kier molecular flexibility index (Phi) is 3.23. The van der Waals surface area contributed by atoms with Gasteiger partial charge in [0.15, 0.2) is 0 Å². The van der Waals surface area contributed by atoms with Crippen molar-refractivity contribution in [2.24, 2.45) is 0 Å². The van der Waals surface area contributed by atoms with Crippen LogP contribution >= 0.6 is 7.06 Å². The van der Waals surface area contributed by atoms with E-state index in [1.165, 1.54) is 0 Å². The standard InChI is InChI=1S/C16H18NO3P/c1-14-13-17(18)20-21(14,19-2,15-9-5-3-6-10-15)16-11-7-4-8-12-16/h3-14H,1-2H3. The van der Waals surface area contributed by atoms with Crippen LogP contribution in [0.25, 0.3) is 0 Å². The summed E-state index contributed by atoms with van der Waals surface area (Å²) in [6.07, 6.45) is 1.54. The number of nitrogens with zero attached hydrogens (tertiary/aromatic N) is 1. The molecule has 21 heavy (non-hydrogen) atoms. The van der Waals surface area contributed by atoms with Crippen molar-refractivity contribution in [3.05, 3.63) is 65.9 Å². The van der Waals surface area contributed by atoms with E-state index in [4.69, 9.17) is 9.15 Å². The summed E-state index contributed by atoms with van der Waals surface area (Å²) in [5.74, 6) is 0. The van der Waals surface area contributed by atoms with E-state index in [9.17, 15) is 5.21 Å². The Labute approximate surface area is 124 Å². The molecule has 1 heterocycles. The summed E-state index contributed by atoms with van der Waals surface area (Å²) in [5.41, 5.74) is -0.164. The van der Waals surface area contributed by atoms with E-state index in [-0.39, 0.29) is 5.66 Å². The zero-order valence-corrected chi connectivity index (χ0v) is 12.9. The fourth-order valence-electron chi connectivity index (χ4n) is 3.10. The fraction of sp³-hybridized carbons (Fsp3) is 0.188. The van der Waals surface area contributed by atoms with Crippen LogP contribution in [0.3, 0.4) is 0 Å². The Balaban J connectivity index is 2.36. The molecule has 0 amide bonds. The summed E-state index contributed by atoms with van der Waals surface area (Å²) >= 11 is 0. The normalized spacial score (nSPS) is 24.4. The Hall–Kier alpha value is -1.90. The van der Waals surface area contributed by atoms with Crippen molar-refractivity contribution < 1.29 is 14.1 Å². The second-order valence-corrected chi connectivity index (χ2v) is 9.55. The van der Waals surface area contributed by atoms with Gasteiger partial charge >= 0.3 is 123 Å². The molecule has 0 saturated heterocycles. The van der Waals surface area contributed by atoms with Gasteiger partial charge in [0.1, 0.15) is 0 Å². The van der Waals surface area contributed by atoms with E-state index < -0.39 is 7.06 Å². The predicted molar refractivity (Wildman–Crippen MR) is 86.3 cm³/mol. The van der Waals surface area contributed by atoms with Gasteiger partial charge in [0.05, 0.1) is 0 Å². The zero-order chi connectivity index (χ0) is 14.9. The predicted octanol–water partition coefficient (Wildman–Crippen LogP) is 2.58. The molecule has 1 unspecified atom stereocenters. The molecule has 0 aromatic heterocycles. The van der Waals surface area contributed by atoms with Crippen LogP contribution in [-0.4, -0.2) is 23.9 Å². The van der Waals surface area contributed by atoms with Gasteiger partial charge in [-0.05, 0) is 0 Å². The van der Waals surface area contributed by atoms with E-state index in [2.05, 4.69) is 0 Å². The Bertz CT molecular complexity index is 633. The van der Waals surface area contributed by atoms with Crippen LogP contribution in [0.2, 0.25) is 0 Å². The molecule has 1 aliphatic heterocycles. The van der Waals surface area contributed by atoms with Gasteiger partial charge in [0.2, 0.25) is 0 Å².